The molecule has 1 heterocycles. The Morgan fingerprint density at radius 2 is 1.95 bits per heavy atom. The summed E-state index contributed by atoms with van der Waals surface area (Å²) in [5, 5.41) is 11.8. The summed E-state index contributed by atoms with van der Waals surface area (Å²) >= 11 is 5.84. The number of nitro groups is 1. The van der Waals surface area contributed by atoms with E-state index < -0.39 is 17.1 Å². The van der Waals surface area contributed by atoms with Gasteiger partial charge in [-0.1, -0.05) is 23.7 Å². The van der Waals surface area contributed by atoms with E-state index in [4.69, 9.17) is 16.3 Å². The van der Waals surface area contributed by atoms with Gasteiger partial charge in [-0.25, -0.2) is 0 Å². The molecule has 0 saturated heterocycles. The minimum atomic E-state index is -1.22. The third kappa shape index (κ3) is 2.08. The maximum Gasteiger partial charge on any atom is 0.364 e. The molecule has 5 nitrogen and oxygen atoms in total. The molecule has 0 bridgehead atoms. The lowest BCUT2D eigenvalue weighted by molar-refractivity contribution is -0.570. The molecule has 20 heavy (non-hydrogen) atoms. The van der Waals surface area contributed by atoms with Gasteiger partial charge in [0.25, 0.3) is 0 Å². The Labute approximate surface area is 120 Å². The average molecular weight is 294 g/mol. The number of nitrogens with zero attached hydrogens (tertiary/aromatic N) is 1. The Morgan fingerprint density at radius 3 is 2.60 bits per heavy atom. The zero-order valence-electron chi connectivity index (χ0n) is 10.5. The fraction of sp³-hybridized carbons (Fsp3) is 0.357. The van der Waals surface area contributed by atoms with E-state index >= 15 is 0 Å². The van der Waals surface area contributed by atoms with E-state index in [1.165, 1.54) is 0 Å². The summed E-state index contributed by atoms with van der Waals surface area (Å²) in [6, 6.07) is 6.76. The van der Waals surface area contributed by atoms with Crippen LogP contribution in [-0.2, 0) is 9.53 Å². The number of carbonyl (C=O) groups is 1. The second-order valence-electron chi connectivity index (χ2n) is 4.94. The van der Waals surface area contributed by atoms with E-state index in [9.17, 15) is 14.9 Å². The van der Waals surface area contributed by atoms with E-state index in [0.717, 1.165) is 0 Å². The summed E-state index contributed by atoms with van der Waals surface area (Å²) < 4.78 is 5.42. The molecule has 0 fully saturated rings. The highest BCUT2D eigenvalue weighted by molar-refractivity contribution is 6.30. The number of allylic oxidation sites excluding steroid dienone is 1. The van der Waals surface area contributed by atoms with Crippen LogP contribution in [0.5, 0.6) is 0 Å². The summed E-state index contributed by atoms with van der Waals surface area (Å²) in [5.74, 6) is -0.191. The molecule has 2 aliphatic rings. The molecule has 0 amide bonds. The number of hydrogen-bond acceptors (Lipinski definition) is 4. The highest BCUT2D eigenvalue weighted by atomic mass is 35.5. The lowest BCUT2D eigenvalue weighted by Gasteiger charge is -2.15. The van der Waals surface area contributed by atoms with Crippen LogP contribution in [0.3, 0.4) is 0 Å². The Morgan fingerprint density at radius 1 is 1.25 bits per heavy atom. The van der Waals surface area contributed by atoms with Crippen LogP contribution < -0.4 is 0 Å². The SMILES string of the molecule is O=C1CCCC2=C1[C@@H](c1ccc(Cl)cc1)[C@H]([N+](=O)[O-])O2. The lowest BCUT2D eigenvalue weighted by Crippen LogP contribution is -2.27. The molecule has 0 radical (unpaired) electrons. The van der Waals surface area contributed by atoms with Crippen LogP contribution in [0.2, 0.25) is 5.02 Å². The first kappa shape index (κ1) is 13.1. The minimum Gasteiger partial charge on any atom is -0.433 e. The summed E-state index contributed by atoms with van der Waals surface area (Å²) in [6.45, 7) is 0. The number of ketones is 1. The molecular weight excluding hydrogens is 282 g/mol. The Hall–Kier alpha value is -1.88. The molecule has 2 atom stereocenters. The van der Waals surface area contributed by atoms with Crippen LogP contribution in [0.25, 0.3) is 0 Å². The van der Waals surface area contributed by atoms with Crippen LogP contribution in [0.1, 0.15) is 30.7 Å². The normalized spacial score (nSPS) is 25.4. The maximum atomic E-state index is 12.1. The Bertz CT molecular complexity index is 608. The van der Waals surface area contributed by atoms with Gasteiger partial charge in [-0.05, 0) is 24.1 Å². The number of Topliss-reactive ketones (excluding diaryl/α,β-unsaturated/α-hetero) is 1. The molecule has 104 valence electrons. The monoisotopic (exact) mass is 293 g/mol. The van der Waals surface area contributed by atoms with Gasteiger partial charge in [0.1, 0.15) is 11.7 Å². The van der Waals surface area contributed by atoms with Gasteiger partial charge in [-0.2, -0.15) is 0 Å². The average Bonchev–Trinajstić information content (AvgIpc) is 2.81. The maximum absolute atomic E-state index is 12.1. The Kier molecular flexibility index (Phi) is 3.22. The topological polar surface area (TPSA) is 69.4 Å². The highest BCUT2D eigenvalue weighted by Gasteiger charge is 2.48. The van der Waals surface area contributed by atoms with Gasteiger partial charge in [0.15, 0.2) is 5.78 Å². The van der Waals surface area contributed by atoms with Crippen LogP contribution in [-0.4, -0.2) is 16.9 Å². The smallest absolute Gasteiger partial charge is 0.364 e. The standard InChI is InChI=1S/C14H12ClNO4/c15-9-6-4-8(5-7-9)12-13-10(17)2-1-3-11(13)20-14(12)16(18)19/h4-7,12,14H,1-3H2/t12-,14-/m1/s1. The number of ether oxygens (including phenoxy) is 1. The third-order valence-corrected chi connectivity index (χ3v) is 3.96. The number of benzene rings is 1. The molecule has 3 rings (SSSR count). The van der Waals surface area contributed by atoms with Crippen molar-refractivity contribution in [2.24, 2.45) is 0 Å². The zero-order valence-corrected chi connectivity index (χ0v) is 11.3. The fourth-order valence-electron chi connectivity index (χ4n) is 2.83. The van der Waals surface area contributed by atoms with Gasteiger partial charge in [-0.15, -0.1) is 0 Å². The summed E-state index contributed by atoms with van der Waals surface area (Å²) in [6.07, 6.45) is 0.491. The van der Waals surface area contributed by atoms with E-state index in [2.05, 4.69) is 0 Å². The van der Waals surface area contributed by atoms with Crippen molar-refractivity contribution in [2.75, 3.05) is 0 Å². The molecule has 1 aliphatic heterocycles. The van der Waals surface area contributed by atoms with Crippen molar-refractivity contribution in [1.29, 1.82) is 0 Å². The minimum absolute atomic E-state index is 0.0458. The first-order valence-electron chi connectivity index (χ1n) is 6.40. The van der Waals surface area contributed by atoms with Crippen molar-refractivity contribution >= 4 is 17.4 Å². The lowest BCUT2D eigenvalue weighted by atomic mass is 9.84. The summed E-state index contributed by atoms with van der Waals surface area (Å²) in [7, 11) is 0. The molecule has 1 aromatic carbocycles. The second-order valence-corrected chi connectivity index (χ2v) is 5.37. The largest absolute Gasteiger partial charge is 0.433 e. The number of halogens is 1. The predicted octanol–water partition coefficient (Wildman–Crippen LogP) is 3.06. The molecular formula is C14H12ClNO4. The molecule has 6 heteroatoms. The number of carbonyl (C=O) groups excluding carboxylic acids is 1. The number of hydrogen-bond donors (Lipinski definition) is 0. The van der Waals surface area contributed by atoms with Crippen LogP contribution >= 0.6 is 11.6 Å². The molecule has 0 spiro atoms. The zero-order chi connectivity index (χ0) is 14.3. The van der Waals surface area contributed by atoms with Gasteiger partial charge >= 0.3 is 6.23 Å². The molecule has 0 saturated carbocycles. The van der Waals surface area contributed by atoms with Crippen LogP contribution in [0.4, 0.5) is 0 Å². The number of rotatable bonds is 2. The first-order chi connectivity index (χ1) is 9.58. The fourth-order valence-corrected chi connectivity index (χ4v) is 2.95. The van der Waals surface area contributed by atoms with Gasteiger partial charge in [-0.3, -0.25) is 14.9 Å². The van der Waals surface area contributed by atoms with Gasteiger partial charge < -0.3 is 4.74 Å². The van der Waals surface area contributed by atoms with E-state index in [-0.39, 0.29) is 5.78 Å². The quantitative estimate of drug-likeness (QED) is 0.621. The van der Waals surface area contributed by atoms with Crippen LogP contribution in [0, 0.1) is 10.1 Å². The molecule has 0 N–H and O–H groups in total. The first-order valence-corrected chi connectivity index (χ1v) is 6.77. The molecule has 0 unspecified atom stereocenters. The second kappa shape index (κ2) is 4.90. The van der Waals surface area contributed by atoms with Crippen molar-refractivity contribution in [2.45, 2.75) is 31.4 Å². The van der Waals surface area contributed by atoms with E-state index in [1.807, 2.05) is 0 Å². The molecule has 1 aliphatic carbocycles. The van der Waals surface area contributed by atoms with Crippen molar-refractivity contribution in [3.63, 3.8) is 0 Å². The summed E-state index contributed by atoms with van der Waals surface area (Å²) in [4.78, 5) is 22.9. The Balaban J connectivity index is 2.07. The third-order valence-electron chi connectivity index (χ3n) is 3.70. The van der Waals surface area contributed by atoms with E-state index in [1.54, 1.807) is 24.3 Å². The predicted molar refractivity (Wildman–Crippen MR) is 71.9 cm³/mol. The van der Waals surface area contributed by atoms with Crippen molar-refractivity contribution in [3.05, 3.63) is 56.3 Å². The van der Waals surface area contributed by atoms with Crippen LogP contribution in [0.15, 0.2) is 35.6 Å². The van der Waals surface area contributed by atoms with E-state index in [0.29, 0.717) is 41.2 Å². The highest BCUT2D eigenvalue weighted by Crippen LogP contribution is 2.44. The van der Waals surface area contributed by atoms with Gasteiger partial charge in [0.05, 0.1) is 10.5 Å². The van der Waals surface area contributed by atoms with Crippen molar-refractivity contribution in [3.8, 4) is 0 Å². The van der Waals surface area contributed by atoms with Crippen molar-refractivity contribution < 1.29 is 14.5 Å². The summed E-state index contributed by atoms with van der Waals surface area (Å²) in [5.41, 5.74) is 1.16. The van der Waals surface area contributed by atoms with Crippen molar-refractivity contribution in [1.82, 2.24) is 0 Å². The molecule has 1 aromatic rings. The van der Waals surface area contributed by atoms with Gasteiger partial charge in [0.2, 0.25) is 0 Å². The van der Waals surface area contributed by atoms with Gasteiger partial charge in [0, 0.05) is 17.9 Å². The molecule has 0 aromatic heterocycles.